The number of piperidine rings is 1. The third-order valence-electron chi connectivity index (χ3n) is 6.94. The molecule has 198 valence electrons. The van der Waals surface area contributed by atoms with Gasteiger partial charge >= 0.3 is 0 Å². The number of hydrogen-bond acceptors (Lipinski definition) is 10. The molecule has 0 aliphatic carbocycles. The first-order valence-electron chi connectivity index (χ1n) is 12.6. The normalized spacial score (nSPS) is 20.7. The van der Waals surface area contributed by atoms with E-state index >= 15 is 0 Å². The minimum Gasteiger partial charge on any atom is -0.378 e. The zero-order valence-corrected chi connectivity index (χ0v) is 20.9. The molecule has 2 aliphatic heterocycles. The monoisotopic (exact) mass is 514 g/mol. The lowest BCUT2D eigenvalue weighted by Gasteiger charge is -2.44. The van der Waals surface area contributed by atoms with Gasteiger partial charge < -0.3 is 20.7 Å². The molecule has 3 aromatic heterocycles. The summed E-state index contributed by atoms with van der Waals surface area (Å²) in [6.07, 6.45) is 0.275. The van der Waals surface area contributed by atoms with Gasteiger partial charge in [-0.2, -0.15) is 10.1 Å². The molecule has 4 N–H and O–H groups in total. The molecule has 2 aliphatic rings. The quantitative estimate of drug-likeness (QED) is 0.298. The molecule has 0 bridgehead atoms. The topological polar surface area (TPSA) is 128 Å². The van der Waals surface area contributed by atoms with E-state index in [0.717, 1.165) is 43.8 Å². The predicted octanol–water partition coefficient (Wildman–Crippen LogP) is 4.08. The first-order chi connectivity index (χ1) is 18.0. The molecule has 37 heavy (non-hydrogen) atoms. The molecule has 5 rings (SSSR count). The number of nitrogens with zero attached hydrogens (tertiary/aromatic N) is 6. The Morgan fingerprint density at radius 1 is 1.19 bits per heavy atom. The van der Waals surface area contributed by atoms with Gasteiger partial charge in [0.2, 0.25) is 5.95 Å². The first kappa shape index (κ1) is 25.2. The number of likely N-dealkylation sites (tertiary alicyclic amines) is 1. The highest BCUT2D eigenvalue weighted by molar-refractivity contribution is 5.88. The molecule has 0 spiro atoms. The average molecular weight is 515 g/mol. The van der Waals surface area contributed by atoms with Crippen molar-refractivity contribution in [1.29, 1.82) is 5.53 Å². The van der Waals surface area contributed by atoms with Crippen LogP contribution in [0.15, 0.2) is 29.5 Å². The number of nitrogens with one attached hydrogen (secondary N) is 4. The molecule has 5 heterocycles. The highest BCUT2D eigenvalue weighted by Gasteiger charge is 2.33. The van der Waals surface area contributed by atoms with Gasteiger partial charge in [-0.3, -0.25) is 4.90 Å². The van der Waals surface area contributed by atoms with E-state index in [1.54, 1.807) is 16.6 Å². The molecule has 2 saturated heterocycles. The lowest BCUT2D eigenvalue weighted by Crippen LogP contribution is -2.55. The molecule has 0 amide bonds. The molecule has 0 unspecified atom stereocenters. The molecule has 13 heteroatoms. The van der Waals surface area contributed by atoms with E-state index in [0.29, 0.717) is 36.0 Å². The smallest absolute Gasteiger partial charge is 0.255 e. The van der Waals surface area contributed by atoms with Gasteiger partial charge in [0.1, 0.15) is 11.2 Å². The number of anilines is 3. The number of alkyl halides is 2. The Bertz CT molecular complexity index is 1250. The van der Waals surface area contributed by atoms with Gasteiger partial charge in [-0.25, -0.2) is 23.8 Å². The summed E-state index contributed by atoms with van der Waals surface area (Å²) < 4.78 is 32.7. The van der Waals surface area contributed by atoms with E-state index in [2.05, 4.69) is 37.9 Å². The molecule has 0 radical (unpaired) electrons. The van der Waals surface area contributed by atoms with Crippen LogP contribution in [0.1, 0.15) is 20.3 Å². The van der Waals surface area contributed by atoms with Crippen LogP contribution in [-0.2, 0) is 4.74 Å². The molecule has 2 fully saturated rings. The van der Waals surface area contributed by atoms with E-state index in [9.17, 15) is 8.78 Å². The van der Waals surface area contributed by atoms with Gasteiger partial charge in [0.05, 0.1) is 31.5 Å². The fourth-order valence-electron chi connectivity index (χ4n) is 4.90. The number of halogens is 2. The van der Waals surface area contributed by atoms with Gasteiger partial charge in [-0.05, 0) is 37.5 Å². The fourth-order valence-corrected chi connectivity index (χ4v) is 4.90. The maximum absolute atomic E-state index is 12.8. The van der Waals surface area contributed by atoms with Crippen LogP contribution in [0.25, 0.3) is 16.8 Å². The highest BCUT2D eigenvalue weighted by atomic mass is 19.3. The number of fused-ring (bicyclic) bond motifs is 1. The predicted molar refractivity (Wildman–Crippen MR) is 137 cm³/mol. The Hall–Kier alpha value is -3.45. The minimum absolute atomic E-state index is 0.130. The van der Waals surface area contributed by atoms with Crippen LogP contribution in [-0.4, -0.2) is 82.4 Å². The Morgan fingerprint density at radius 3 is 2.70 bits per heavy atom. The van der Waals surface area contributed by atoms with Crippen LogP contribution < -0.4 is 16.0 Å². The van der Waals surface area contributed by atoms with Crippen LogP contribution in [0.3, 0.4) is 0 Å². The Labute approximate surface area is 213 Å². The number of rotatable bonds is 10. The Kier molecular flexibility index (Phi) is 7.42. The number of pyridine rings is 1. The van der Waals surface area contributed by atoms with Gasteiger partial charge in [0.25, 0.3) is 6.43 Å². The molecular formula is C24H32F2N10O. The summed E-state index contributed by atoms with van der Waals surface area (Å²) in [5, 5.41) is 17.6. The van der Waals surface area contributed by atoms with E-state index < -0.39 is 13.0 Å². The van der Waals surface area contributed by atoms with Crippen LogP contribution in [0, 0.1) is 11.4 Å². The molecule has 3 aromatic rings. The first-order valence-corrected chi connectivity index (χ1v) is 12.6. The largest absolute Gasteiger partial charge is 0.378 e. The summed E-state index contributed by atoms with van der Waals surface area (Å²) in [5.41, 5.74) is 9.52. The number of hydrogen-bond donors (Lipinski definition) is 4. The van der Waals surface area contributed by atoms with Gasteiger partial charge in [0.15, 0.2) is 11.6 Å². The SMILES string of the molecule is CCNc1nc(N[C@H]2CCN(C3COC3)C[C@H]2C)nn2ccc(-c3ccc(N=N)c(NCC(F)F)n3)c12. The van der Waals surface area contributed by atoms with Crippen molar-refractivity contribution in [2.24, 2.45) is 11.0 Å². The van der Waals surface area contributed by atoms with E-state index in [1.165, 1.54) is 0 Å². The summed E-state index contributed by atoms with van der Waals surface area (Å²) in [4.78, 5) is 11.8. The van der Waals surface area contributed by atoms with Crippen LogP contribution in [0.2, 0.25) is 0 Å². The second kappa shape index (κ2) is 10.9. The fraction of sp³-hybridized carbons (Fsp3) is 0.542. The van der Waals surface area contributed by atoms with E-state index in [1.807, 2.05) is 19.2 Å². The lowest BCUT2D eigenvalue weighted by atomic mass is 9.92. The van der Waals surface area contributed by atoms with Crippen molar-refractivity contribution >= 4 is 28.8 Å². The zero-order chi connectivity index (χ0) is 25.9. The average Bonchev–Trinajstić information content (AvgIpc) is 3.27. The Balaban J connectivity index is 1.41. The molecule has 0 saturated carbocycles. The molecular weight excluding hydrogens is 482 g/mol. The highest BCUT2D eigenvalue weighted by Crippen LogP contribution is 2.33. The maximum Gasteiger partial charge on any atom is 0.255 e. The Morgan fingerprint density at radius 2 is 2.03 bits per heavy atom. The third kappa shape index (κ3) is 5.32. The van der Waals surface area contributed by atoms with Crippen molar-refractivity contribution in [2.75, 3.05) is 55.3 Å². The van der Waals surface area contributed by atoms with Crippen molar-refractivity contribution in [2.45, 2.75) is 38.8 Å². The van der Waals surface area contributed by atoms with E-state index in [-0.39, 0.29) is 17.5 Å². The summed E-state index contributed by atoms with van der Waals surface area (Å²) in [6, 6.07) is 5.96. The summed E-state index contributed by atoms with van der Waals surface area (Å²) in [6.45, 7) is 7.99. The summed E-state index contributed by atoms with van der Waals surface area (Å²) in [5.74, 6) is 1.75. The van der Waals surface area contributed by atoms with Crippen molar-refractivity contribution < 1.29 is 13.5 Å². The number of aromatic nitrogens is 4. The second-order valence-corrected chi connectivity index (χ2v) is 9.49. The van der Waals surface area contributed by atoms with E-state index in [4.69, 9.17) is 20.4 Å². The van der Waals surface area contributed by atoms with Gasteiger partial charge in [-0.15, -0.1) is 5.10 Å². The van der Waals surface area contributed by atoms with Crippen LogP contribution in [0.4, 0.5) is 32.1 Å². The van der Waals surface area contributed by atoms with Crippen molar-refractivity contribution in [3.8, 4) is 11.3 Å². The van der Waals surface area contributed by atoms with Gasteiger partial charge in [-0.1, -0.05) is 6.92 Å². The third-order valence-corrected chi connectivity index (χ3v) is 6.94. The molecule has 2 atom stereocenters. The summed E-state index contributed by atoms with van der Waals surface area (Å²) >= 11 is 0. The molecule has 11 nitrogen and oxygen atoms in total. The van der Waals surface area contributed by atoms with Crippen molar-refractivity contribution in [1.82, 2.24) is 24.5 Å². The van der Waals surface area contributed by atoms with Crippen molar-refractivity contribution in [3.63, 3.8) is 0 Å². The van der Waals surface area contributed by atoms with Crippen LogP contribution in [0.5, 0.6) is 0 Å². The van der Waals surface area contributed by atoms with Crippen LogP contribution >= 0.6 is 0 Å². The second-order valence-electron chi connectivity index (χ2n) is 9.49. The van der Waals surface area contributed by atoms with Crippen molar-refractivity contribution in [3.05, 3.63) is 24.4 Å². The zero-order valence-electron chi connectivity index (χ0n) is 20.9. The van der Waals surface area contributed by atoms with Gasteiger partial charge in [0, 0.05) is 37.4 Å². The summed E-state index contributed by atoms with van der Waals surface area (Å²) in [7, 11) is 0. The minimum atomic E-state index is -2.55. The molecule has 0 aromatic carbocycles. The number of ether oxygens (including phenoxy) is 1. The maximum atomic E-state index is 12.8. The standard InChI is InChI=1S/C24H32F2N10O/c1-3-28-23-21-16(18-4-5-19(33-27)22(30-18)29-10-20(25)26)6-9-36(21)34-24(32-23)31-17-7-8-35(11-14(17)2)15-12-37-13-15/h4-6,9,14-15,17,20,27H,3,7-8,10-13H2,1-2H3,(H,29,30)(H2,28,31,32,34)/t14-,17+/m1/s1. The lowest BCUT2D eigenvalue weighted by molar-refractivity contribution is -0.0763.